The molecule has 1 heterocycles. The highest BCUT2D eigenvalue weighted by atomic mass is 19.3. The number of pyridine rings is 1. The van der Waals surface area contributed by atoms with Crippen LogP contribution in [0.25, 0.3) is 0 Å². The zero-order chi connectivity index (χ0) is 9.30. The highest BCUT2D eigenvalue weighted by Gasteiger charge is 2.12. The molecule has 0 atom stereocenters. The molecule has 66 valence electrons. The van der Waals surface area contributed by atoms with E-state index in [9.17, 15) is 13.6 Å². The third kappa shape index (κ3) is 1.44. The highest BCUT2D eigenvalue weighted by Crippen LogP contribution is 2.20. The number of H-pyrrole nitrogens is 1. The van der Waals surface area contributed by atoms with E-state index in [1.807, 2.05) is 4.98 Å². The Kier molecular flexibility index (Phi) is 2.12. The van der Waals surface area contributed by atoms with Crippen LogP contribution in [0.15, 0.2) is 10.9 Å². The van der Waals surface area contributed by atoms with Gasteiger partial charge < -0.3 is 10.7 Å². The lowest BCUT2D eigenvalue weighted by Crippen LogP contribution is -2.14. The summed E-state index contributed by atoms with van der Waals surface area (Å²) in [6.45, 7) is 1.50. The lowest BCUT2D eigenvalue weighted by atomic mass is 10.2. The van der Waals surface area contributed by atoms with Crippen LogP contribution in [0.2, 0.25) is 0 Å². The van der Waals surface area contributed by atoms with Crippen LogP contribution < -0.4 is 11.3 Å². The van der Waals surface area contributed by atoms with Gasteiger partial charge in [-0.25, -0.2) is 8.78 Å². The number of aryl methyl sites for hydroxylation is 1. The van der Waals surface area contributed by atoms with Gasteiger partial charge in [-0.2, -0.15) is 0 Å². The fourth-order valence-corrected chi connectivity index (χ4v) is 0.850. The van der Waals surface area contributed by atoms with Gasteiger partial charge in [0.1, 0.15) is 5.69 Å². The lowest BCUT2D eigenvalue weighted by Gasteiger charge is -2.03. The number of nitrogens with one attached hydrogen (secondary N) is 1. The van der Waals surface area contributed by atoms with Gasteiger partial charge >= 0.3 is 0 Å². The van der Waals surface area contributed by atoms with E-state index in [-0.39, 0.29) is 5.69 Å². The Balaban J connectivity index is 3.33. The average molecular weight is 174 g/mol. The summed E-state index contributed by atoms with van der Waals surface area (Å²) in [7, 11) is 0. The van der Waals surface area contributed by atoms with Crippen LogP contribution in [0.4, 0.5) is 14.5 Å². The molecule has 1 aromatic heterocycles. The average Bonchev–Trinajstić information content (AvgIpc) is 1.96. The first kappa shape index (κ1) is 8.70. The van der Waals surface area contributed by atoms with Gasteiger partial charge in [-0.3, -0.25) is 4.79 Å². The van der Waals surface area contributed by atoms with Crippen LogP contribution in [-0.4, -0.2) is 4.98 Å². The summed E-state index contributed by atoms with van der Waals surface area (Å²) in [5.74, 6) is 0. The van der Waals surface area contributed by atoms with Crippen LogP contribution in [0.5, 0.6) is 0 Å². The molecule has 0 fully saturated rings. The molecule has 0 bridgehead atoms. The van der Waals surface area contributed by atoms with E-state index in [4.69, 9.17) is 5.73 Å². The summed E-state index contributed by atoms with van der Waals surface area (Å²) in [6.07, 6.45) is -2.74. The number of halogens is 2. The molecule has 1 rings (SSSR count). The summed E-state index contributed by atoms with van der Waals surface area (Å²) in [6, 6.07) is 1.24. The first-order valence-electron chi connectivity index (χ1n) is 3.30. The van der Waals surface area contributed by atoms with E-state index in [0.717, 1.165) is 0 Å². The van der Waals surface area contributed by atoms with Crippen LogP contribution in [0.3, 0.4) is 0 Å². The van der Waals surface area contributed by atoms with Gasteiger partial charge in [-0.05, 0) is 13.0 Å². The Hall–Kier alpha value is -1.39. The van der Waals surface area contributed by atoms with Crippen molar-refractivity contribution in [2.75, 3.05) is 5.73 Å². The molecular weight excluding hydrogens is 166 g/mol. The van der Waals surface area contributed by atoms with Crippen molar-refractivity contribution in [3.05, 3.63) is 27.7 Å². The zero-order valence-corrected chi connectivity index (χ0v) is 6.40. The predicted molar refractivity (Wildman–Crippen MR) is 41.2 cm³/mol. The summed E-state index contributed by atoms with van der Waals surface area (Å²) in [5.41, 5.74) is 4.45. The van der Waals surface area contributed by atoms with E-state index in [1.54, 1.807) is 0 Å². The second-order valence-electron chi connectivity index (χ2n) is 2.45. The molecule has 0 saturated heterocycles. The molecule has 5 heteroatoms. The highest BCUT2D eigenvalue weighted by molar-refractivity contribution is 5.44. The summed E-state index contributed by atoms with van der Waals surface area (Å²) in [5, 5.41) is 0. The van der Waals surface area contributed by atoms with Crippen molar-refractivity contribution in [1.82, 2.24) is 4.98 Å². The molecule has 0 aromatic carbocycles. The van der Waals surface area contributed by atoms with Gasteiger partial charge in [-0.1, -0.05) is 0 Å². The summed E-state index contributed by atoms with van der Waals surface area (Å²) < 4.78 is 24.2. The van der Waals surface area contributed by atoms with Crippen molar-refractivity contribution in [3.63, 3.8) is 0 Å². The molecule has 0 aliphatic rings. The first-order valence-corrected chi connectivity index (χ1v) is 3.30. The number of anilines is 1. The second-order valence-corrected chi connectivity index (χ2v) is 2.45. The van der Waals surface area contributed by atoms with Crippen LogP contribution in [0.1, 0.15) is 17.7 Å². The van der Waals surface area contributed by atoms with Gasteiger partial charge in [0.15, 0.2) is 0 Å². The number of rotatable bonds is 1. The Morgan fingerprint density at radius 2 is 2.17 bits per heavy atom. The van der Waals surface area contributed by atoms with E-state index in [0.29, 0.717) is 5.56 Å². The number of alkyl halides is 2. The van der Waals surface area contributed by atoms with Crippen LogP contribution >= 0.6 is 0 Å². The standard InChI is InChI=1S/C7H8F2N2O/c1-3-2-4(10)5(6(8)9)11-7(3)12/h2,6H,10H2,1H3,(H,11,12). The maximum Gasteiger partial charge on any atom is 0.280 e. The molecule has 0 aliphatic carbocycles. The molecule has 0 radical (unpaired) electrons. The SMILES string of the molecule is Cc1cc(N)c(C(F)F)[nH]c1=O. The Bertz CT molecular complexity index is 346. The van der Waals surface area contributed by atoms with Crippen molar-refractivity contribution < 1.29 is 8.78 Å². The molecule has 0 amide bonds. The van der Waals surface area contributed by atoms with Gasteiger partial charge in [0.05, 0.1) is 5.69 Å². The molecule has 12 heavy (non-hydrogen) atoms. The maximum absolute atomic E-state index is 12.1. The first-order chi connectivity index (χ1) is 5.52. The van der Waals surface area contributed by atoms with Gasteiger partial charge in [-0.15, -0.1) is 0 Å². The quantitative estimate of drug-likeness (QED) is 0.672. The fraction of sp³-hybridized carbons (Fsp3) is 0.286. The minimum absolute atomic E-state index is 0.0814. The largest absolute Gasteiger partial charge is 0.397 e. The maximum atomic E-state index is 12.1. The van der Waals surface area contributed by atoms with E-state index < -0.39 is 17.7 Å². The predicted octanol–water partition coefficient (Wildman–Crippen LogP) is 1.20. The zero-order valence-electron chi connectivity index (χ0n) is 6.40. The van der Waals surface area contributed by atoms with Gasteiger partial charge in [0, 0.05) is 5.56 Å². The topological polar surface area (TPSA) is 58.9 Å². The fourth-order valence-electron chi connectivity index (χ4n) is 0.850. The molecule has 3 nitrogen and oxygen atoms in total. The number of nitrogen functional groups attached to an aromatic ring is 1. The van der Waals surface area contributed by atoms with Gasteiger partial charge in [0.2, 0.25) is 0 Å². The Labute approximate surface area is 67.2 Å². The van der Waals surface area contributed by atoms with E-state index >= 15 is 0 Å². The van der Waals surface area contributed by atoms with Gasteiger partial charge in [0.25, 0.3) is 12.0 Å². The number of nitrogens with two attached hydrogens (primary N) is 1. The third-order valence-corrected chi connectivity index (χ3v) is 1.51. The molecule has 0 unspecified atom stereocenters. The Morgan fingerprint density at radius 3 is 2.67 bits per heavy atom. The summed E-state index contributed by atoms with van der Waals surface area (Å²) in [4.78, 5) is 12.9. The van der Waals surface area contributed by atoms with Crippen LogP contribution in [-0.2, 0) is 0 Å². The number of hydrogen-bond donors (Lipinski definition) is 2. The minimum Gasteiger partial charge on any atom is -0.397 e. The smallest absolute Gasteiger partial charge is 0.280 e. The molecule has 0 saturated carbocycles. The van der Waals surface area contributed by atoms with Crippen molar-refractivity contribution >= 4 is 5.69 Å². The molecular formula is C7H8F2N2O. The second kappa shape index (κ2) is 2.92. The van der Waals surface area contributed by atoms with Crippen LogP contribution in [0, 0.1) is 6.92 Å². The van der Waals surface area contributed by atoms with Crippen molar-refractivity contribution in [3.8, 4) is 0 Å². The van der Waals surface area contributed by atoms with E-state index in [2.05, 4.69) is 0 Å². The monoisotopic (exact) mass is 174 g/mol. The number of aromatic nitrogens is 1. The lowest BCUT2D eigenvalue weighted by molar-refractivity contribution is 0.146. The van der Waals surface area contributed by atoms with Crippen molar-refractivity contribution in [2.24, 2.45) is 0 Å². The van der Waals surface area contributed by atoms with Crippen molar-refractivity contribution in [2.45, 2.75) is 13.3 Å². The Morgan fingerprint density at radius 1 is 1.58 bits per heavy atom. The number of aromatic amines is 1. The summed E-state index contributed by atoms with van der Waals surface area (Å²) >= 11 is 0. The minimum atomic E-state index is -2.74. The molecule has 1 aromatic rings. The molecule has 0 spiro atoms. The normalized spacial score (nSPS) is 10.7. The number of hydrogen-bond acceptors (Lipinski definition) is 2. The third-order valence-electron chi connectivity index (χ3n) is 1.51. The van der Waals surface area contributed by atoms with E-state index in [1.165, 1.54) is 13.0 Å². The molecule has 3 N–H and O–H groups in total. The van der Waals surface area contributed by atoms with Crippen molar-refractivity contribution in [1.29, 1.82) is 0 Å². The molecule has 0 aliphatic heterocycles.